The summed E-state index contributed by atoms with van der Waals surface area (Å²) < 4.78 is 5.32. The zero-order chi connectivity index (χ0) is 17.7. The van der Waals surface area contributed by atoms with E-state index in [-0.39, 0.29) is 23.9 Å². The van der Waals surface area contributed by atoms with Crippen LogP contribution < -0.4 is 10.1 Å². The van der Waals surface area contributed by atoms with Crippen molar-refractivity contribution in [3.63, 3.8) is 0 Å². The Hall–Kier alpha value is -2.82. The molecule has 1 amide bonds. The SMILES string of the molecule is COc1ccc(C(=O)NCc2cccc(C(=O)O)c2)cc1C(C)C. The average molecular weight is 327 g/mol. The molecule has 126 valence electrons. The van der Waals surface area contributed by atoms with Crippen molar-refractivity contribution in [2.45, 2.75) is 26.3 Å². The highest BCUT2D eigenvalue weighted by Gasteiger charge is 2.12. The molecule has 0 aliphatic rings. The summed E-state index contributed by atoms with van der Waals surface area (Å²) in [6.45, 7) is 4.34. The third-order valence-corrected chi connectivity index (χ3v) is 3.74. The molecular weight excluding hydrogens is 306 g/mol. The first-order valence-corrected chi connectivity index (χ1v) is 7.70. The number of carboxylic acids is 1. The Morgan fingerprint density at radius 2 is 1.88 bits per heavy atom. The van der Waals surface area contributed by atoms with Crippen LogP contribution in [-0.4, -0.2) is 24.1 Å². The van der Waals surface area contributed by atoms with Gasteiger partial charge in [-0.25, -0.2) is 4.79 Å². The molecule has 0 aromatic heterocycles. The van der Waals surface area contributed by atoms with E-state index in [0.717, 1.165) is 16.9 Å². The van der Waals surface area contributed by atoms with Crippen LogP contribution in [0.25, 0.3) is 0 Å². The van der Waals surface area contributed by atoms with Crippen molar-refractivity contribution in [3.05, 3.63) is 64.7 Å². The van der Waals surface area contributed by atoms with E-state index < -0.39 is 5.97 Å². The number of carbonyl (C=O) groups excluding carboxylic acids is 1. The molecule has 5 nitrogen and oxygen atoms in total. The maximum absolute atomic E-state index is 12.3. The van der Waals surface area contributed by atoms with E-state index in [1.165, 1.54) is 6.07 Å². The summed E-state index contributed by atoms with van der Waals surface area (Å²) in [5, 5.41) is 11.8. The third-order valence-electron chi connectivity index (χ3n) is 3.74. The first-order chi connectivity index (χ1) is 11.4. The Balaban J connectivity index is 2.11. The Labute approximate surface area is 141 Å². The lowest BCUT2D eigenvalue weighted by molar-refractivity contribution is 0.0696. The fraction of sp³-hybridized carbons (Fsp3) is 0.263. The van der Waals surface area contributed by atoms with E-state index in [4.69, 9.17) is 9.84 Å². The molecule has 0 unspecified atom stereocenters. The topological polar surface area (TPSA) is 75.6 Å². The van der Waals surface area contributed by atoms with Crippen molar-refractivity contribution in [1.29, 1.82) is 0 Å². The van der Waals surface area contributed by atoms with Crippen LogP contribution in [0.3, 0.4) is 0 Å². The molecule has 2 rings (SSSR count). The van der Waals surface area contributed by atoms with Crippen LogP contribution in [0, 0.1) is 0 Å². The van der Waals surface area contributed by atoms with Crippen molar-refractivity contribution >= 4 is 11.9 Å². The Kier molecular flexibility index (Phi) is 5.58. The molecule has 0 aliphatic carbocycles. The zero-order valence-corrected chi connectivity index (χ0v) is 14.0. The number of benzene rings is 2. The fourth-order valence-electron chi connectivity index (χ4n) is 2.43. The van der Waals surface area contributed by atoms with E-state index in [9.17, 15) is 9.59 Å². The summed E-state index contributed by atoms with van der Waals surface area (Å²) in [4.78, 5) is 23.3. The van der Waals surface area contributed by atoms with Crippen molar-refractivity contribution < 1.29 is 19.4 Å². The van der Waals surface area contributed by atoms with Crippen LogP contribution in [0.2, 0.25) is 0 Å². The van der Waals surface area contributed by atoms with Gasteiger partial charge in [0.05, 0.1) is 12.7 Å². The number of carbonyl (C=O) groups is 2. The number of methoxy groups -OCH3 is 1. The Morgan fingerprint density at radius 1 is 1.12 bits per heavy atom. The Morgan fingerprint density at radius 3 is 2.50 bits per heavy atom. The molecule has 0 fully saturated rings. The molecule has 24 heavy (non-hydrogen) atoms. The first-order valence-electron chi connectivity index (χ1n) is 7.70. The minimum atomic E-state index is -0.986. The van der Waals surface area contributed by atoms with E-state index in [1.807, 2.05) is 19.9 Å². The predicted molar refractivity (Wildman–Crippen MR) is 91.7 cm³/mol. The molecule has 0 radical (unpaired) electrons. The lowest BCUT2D eigenvalue weighted by Gasteiger charge is -2.13. The monoisotopic (exact) mass is 327 g/mol. The number of ether oxygens (including phenoxy) is 1. The van der Waals surface area contributed by atoms with E-state index in [1.54, 1.807) is 37.4 Å². The first kappa shape index (κ1) is 17.5. The minimum absolute atomic E-state index is 0.202. The Bertz CT molecular complexity index is 753. The molecular formula is C19H21NO4. The van der Waals surface area contributed by atoms with Gasteiger partial charge in [-0.15, -0.1) is 0 Å². The number of hydrogen-bond donors (Lipinski definition) is 2. The number of carboxylic acid groups (broad SMARTS) is 1. The average Bonchev–Trinajstić information content (AvgIpc) is 2.59. The van der Waals surface area contributed by atoms with Gasteiger partial charge in [0.1, 0.15) is 5.75 Å². The number of nitrogens with one attached hydrogen (secondary N) is 1. The van der Waals surface area contributed by atoms with Crippen LogP contribution in [0.4, 0.5) is 0 Å². The van der Waals surface area contributed by atoms with E-state index in [2.05, 4.69) is 5.32 Å². The highest BCUT2D eigenvalue weighted by Crippen LogP contribution is 2.27. The summed E-state index contributed by atoms with van der Waals surface area (Å²) in [6.07, 6.45) is 0. The van der Waals surface area contributed by atoms with Crippen molar-refractivity contribution in [3.8, 4) is 5.75 Å². The lowest BCUT2D eigenvalue weighted by Crippen LogP contribution is -2.23. The number of aromatic carboxylic acids is 1. The maximum atomic E-state index is 12.3. The van der Waals surface area contributed by atoms with Gasteiger partial charge in [-0.1, -0.05) is 26.0 Å². The highest BCUT2D eigenvalue weighted by molar-refractivity contribution is 5.94. The van der Waals surface area contributed by atoms with Crippen LogP contribution in [0.15, 0.2) is 42.5 Å². The molecule has 2 aromatic carbocycles. The largest absolute Gasteiger partial charge is 0.496 e. The standard InChI is InChI=1S/C19H21NO4/c1-12(2)16-10-14(7-8-17(16)24-3)18(21)20-11-13-5-4-6-15(9-13)19(22)23/h4-10,12H,11H2,1-3H3,(H,20,21)(H,22,23). The number of hydrogen-bond acceptors (Lipinski definition) is 3. The fourth-order valence-corrected chi connectivity index (χ4v) is 2.43. The molecule has 0 atom stereocenters. The van der Waals surface area contributed by atoms with Gasteiger partial charge < -0.3 is 15.2 Å². The summed E-state index contributed by atoms with van der Waals surface area (Å²) in [6, 6.07) is 11.8. The van der Waals surface area contributed by atoms with Crippen molar-refractivity contribution in [1.82, 2.24) is 5.32 Å². The molecule has 0 saturated carbocycles. The van der Waals surface area contributed by atoms with Crippen LogP contribution >= 0.6 is 0 Å². The third kappa shape index (κ3) is 4.13. The van der Waals surface area contributed by atoms with Gasteiger partial charge in [0, 0.05) is 12.1 Å². The normalized spacial score (nSPS) is 10.5. The summed E-state index contributed by atoms with van der Waals surface area (Å²) in [7, 11) is 1.61. The van der Waals surface area contributed by atoms with Gasteiger partial charge in [0.2, 0.25) is 0 Å². The van der Waals surface area contributed by atoms with Gasteiger partial charge in [0.15, 0.2) is 0 Å². The van der Waals surface area contributed by atoms with Gasteiger partial charge >= 0.3 is 5.97 Å². The molecule has 0 spiro atoms. The molecule has 0 heterocycles. The predicted octanol–water partition coefficient (Wildman–Crippen LogP) is 3.45. The second-order valence-corrected chi connectivity index (χ2v) is 5.80. The molecule has 0 bridgehead atoms. The summed E-state index contributed by atoms with van der Waals surface area (Å²) in [5.74, 6) is -0.198. The number of rotatable bonds is 6. The van der Waals surface area contributed by atoms with E-state index in [0.29, 0.717) is 5.56 Å². The molecule has 0 saturated heterocycles. The maximum Gasteiger partial charge on any atom is 0.335 e. The van der Waals surface area contributed by atoms with Gasteiger partial charge in [-0.2, -0.15) is 0 Å². The number of amides is 1. The van der Waals surface area contributed by atoms with Crippen LogP contribution in [0.5, 0.6) is 5.75 Å². The minimum Gasteiger partial charge on any atom is -0.496 e. The zero-order valence-electron chi connectivity index (χ0n) is 14.0. The van der Waals surface area contributed by atoms with Crippen LogP contribution in [0.1, 0.15) is 51.6 Å². The second-order valence-electron chi connectivity index (χ2n) is 5.80. The summed E-state index contributed by atoms with van der Waals surface area (Å²) in [5.41, 5.74) is 2.46. The summed E-state index contributed by atoms with van der Waals surface area (Å²) >= 11 is 0. The van der Waals surface area contributed by atoms with Gasteiger partial charge in [0.25, 0.3) is 5.91 Å². The highest BCUT2D eigenvalue weighted by atomic mass is 16.5. The van der Waals surface area contributed by atoms with Crippen molar-refractivity contribution in [2.24, 2.45) is 0 Å². The second kappa shape index (κ2) is 7.64. The smallest absolute Gasteiger partial charge is 0.335 e. The molecule has 5 heteroatoms. The van der Waals surface area contributed by atoms with Gasteiger partial charge in [-0.05, 0) is 47.4 Å². The van der Waals surface area contributed by atoms with Gasteiger partial charge in [-0.3, -0.25) is 4.79 Å². The van der Waals surface area contributed by atoms with Crippen LogP contribution in [-0.2, 0) is 6.54 Å². The van der Waals surface area contributed by atoms with Crippen molar-refractivity contribution in [2.75, 3.05) is 7.11 Å². The quantitative estimate of drug-likeness (QED) is 0.852. The molecule has 2 aromatic rings. The van der Waals surface area contributed by atoms with E-state index >= 15 is 0 Å². The lowest BCUT2D eigenvalue weighted by atomic mass is 9.99. The molecule has 2 N–H and O–H groups in total. The molecule has 0 aliphatic heterocycles.